The molecular weight excluding hydrogens is 276 g/mol. The number of hydrogen-bond acceptors (Lipinski definition) is 4. The summed E-state index contributed by atoms with van der Waals surface area (Å²) < 4.78 is 10.3. The second-order valence-corrected chi connectivity index (χ2v) is 3.73. The van der Waals surface area contributed by atoms with Crippen molar-refractivity contribution in [2.75, 3.05) is 14.2 Å². The van der Waals surface area contributed by atoms with Crippen LogP contribution in [0.5, 0.6) is 5.75 Å². The lowest BCUT2D eigenvalue weighted by Crippen LogP contribution is -2.04. The maximum atomic E-state index is 11.4. The monoisotopic (exact) mass is 286 g/mol. The number of hydrogen-bond donors (Lipinski definition) is 1. The molecule has 0 atom stereocenters. The van der Waals surface area contributed by atoms with Gasteiger partial charge in [0.05, 0.1) is 20.5 Å². The number of aliphatic hydroxyl groups excluding tert-OH is 1. The Morgan fingerprint density at radius 3 is 2.62 bits per heavy atom. The summed E-state index contributed by atoms with van der Waals surface area (Å²) in [5, 5.41) is 9.04. The third-order valence-corrected chi connectivity index (χ3v) is 2.69. The smallest absolute Gasteiger partial charge is 0.341 e. The van der Waals surface area contributed by atoms with Crippen LogP contribution in [0.15, 0.2) is 28.9 Å². The molecule has 5 heteroatoms. The molecule has 86 valence electrons. The number of benzene rings is 1. The van der Waals surface area contributed by atoms with Crippen molar-refractivity contribution in [2.45, 2.75) is 0 Å². The molecule has 0 fully saturated rings. The zero-order valence-electron chi connectivity index (χ0n) is 8.86. The third kappa shape index (κ3) is 2.55. The van der Waals surface area contributed by atoms with Crippen LogP contribution in [0.25, 0.3) is 5.57 Å². The first-order valence-electron chi connectivity index (χ1n) is 4.40. The van der Waals surface area contributed by atoms with Gasteiger partial charge in [0.15, 0.2) is 0 Å². The van der Waals surface area contributed by atoms with E-state index in [1.54, 1.807) is 18.2 Å². The van der Waals surface area contributed by atoms with Gasteiger partial charge >= 0.3 is 5.97 Å². The Hall–Kier alpha value is -1.49. The van der Waals surface area contributed by atoms with Crippen LogP contribution < -0.4 is 4.74 Å². The molecule has 0 heterocycles. The van der Waals surface area contributed by atoms with Crippen LogP contribution in [-0.2, 0) is 9.53 Å². The van der Waals surface area contributed by atoms with Gasteiger partial charge < -0.3 is 14.6 Å². The molecule has 0 saturated carbocycles. The molecule has 16 heavy (non-hydrogen) atoms. The van der Waals surface area contributed by atoms with Crippen molar-refractivity contribution < 1.29 is 19.4 Å². The Labute approximate surface area is 102 Å². The zero-order chi connectivity index (χ0) is 12.1. The fraction of sp³-hybridized carbons (Fsp3) is 0.182. The Morgan fingerprint density at radius 1 is 1.44 bits per heavy atom. The maximum absolute atomic E-state index is 11.4. The van der Waals surface area contributed by atoms with E-state index in [4.69, 9.17) is 9.84 Å². The molecule has 1 aromatic rings. The Morgan fingerprint density at radius 2 is 2.12 bits per heavy atom. The molecule has 0 aromatic heterocycles. The largest absolute Gasteiger partial charge is 0.515 e. The molecular formula is C11H11BrO4. The van der Waals surface area contributed by atoms with E-state index in [-0.39, 0.29) is 5.57 Å². The molecule has 0 unspecified atom stereocenters. The molecule has 0 aliphatic heterocycles. The number of aliphatic hydroxyl groups is 1. The third-order valence-electron chi connectivity index (χ3n) is 2.00. The molecule has 1 aromatic carbocycles. The first-order valence-corrected chi connectivity index (χ1v) is 5.20. The van der Waals surface area contributed by atoms with E-state index in [1.807, 2.05) is 0 Å². The summed E-state index contributed by atoms with van der Waals surface area (Å²) in [7, 11) is 2.77. The lowest BCUT2D eigenvalue weighted by Gasteiger charge is -2.08. The summed E-state index contributed by atoms with van der Waals surface area (Å²) in [6.07, 6.45) is 0.714. The van der Waals surface area contributed by atoms with Crippen LogP contribution in [0.1, 0.15) is 5.56 Å². The van der Waals surface area contributed by atoms with E-state index in [1.165, 1.54) is 14.2 Å². The van der Waals surface area contributed by atoms with Crippen molar-refractivity contribution in [1.29, 1.82) is 0 Å². The lowest BCUT2D eigenvalue weighted by atomic mass is 10.1. The quantitative estimate of drug-likeness (QED) is 0.527. The zero-order valence-corrected chi connectivity index (χ0v) is 10.4. The number of rotatable bonds is 3. The van der Waals surface area contributed by atoms with Crippen molar-refractivity contribution in [3.63, 3.8) is 0 Å². The Kier molecular flexibility index (Phi) is 4.37. The summed E-state index contributed by atoms with van der Waals surface area (Å²) in [5.74, 6) is -0.0297. The highest BCUT2D eigenvalue weighted by Crippen LogP contribution is 2.28. The van der Waals surface area contributed by atoms with Crippen LogP contribution in [-0.4, -0.2) is 25.3 Å². The number of carbonyl (C=O) groups excluding carboxylic acids is 1. The number of ether oxygens (including phenoxy) is 2. The number of methoxy groups -OCH3 is 2. The molecule has 4 nitrogen and oxygen atoms in total. The van der Waals surface area contributed by atoms with E-state index in [9.17, 15) is 4.79 Å². The van der Waals surface area contributed by atoms with Gasteiger partial charge in [0.25, 0.3) is 0 Å². The van der Waals surface area contributed by atoms with Crippen LogP contribution in [0.4, 0.5) is 0 Å². The minimum atomic E-state index is -0.614. The summed E-state index contributed by atoms with van der Waals surface area (Å²) >= 11 is 3.28. The highest BCUT2D eigenvalue weighted by molar-refractivity contribution is 9.10. The molecule has 1 rings (SSSR count). The molecule has 0 aliphatic rings. The van der Waals surface area contributed by atoms with Crippen LogP contribution in [0.2, 0.25) is 0 Å². The minimum Gasteiger partial charge on any atom is -0.515 e. The van der Waals surface area contributed by atoms with E-state index in [0.29, 0.717) is 22.0 Å². The first-order chi connectivity index (χ1) is 7.63. The van der Waals surface area contributed by atoms with Crippen molar-refractivity contribution in [1.82, 2.24) is 0 Å². The first kappa shape index (κ1) is 12.6. The number of carbonyl (C=O) groups is 1. The van der Waals surface area contributed by atoms with Gasteiger partial charge in [-0.3, -0.25) is 0 Å². The van der Waals surface area contributed by atoms with Crippen molar-refractivity contribution in [3.05, 3.63) is 34.5 Å². The van der Waals surface area contributed by atoms with Gasteiger partial charge in [-0.25, -0.2) is 4.79 Å². The average Bonchev–Trinajstić information content (AvgIpc) is 2.32. The lowest BCUT2D eigenvalue weighted by molar-refractivity contribution is -0.133. The maximum Gasteiger partial charge on any atom is 0.341 e. The summed E-state index contributed by atoms with van der Waals surface area (Å²) in [6.45, 7) is 0. The van der Waals surface area contributed by atoms with Crippen LogP contribution >= 0.6 is 15.9 Å². The minimum absolute atomic E-state index is 0.0632. The van der Waals surface area contributed by atoms with Crippen molar-refractivity contribution in [3.8, 4) is 5.75 Å². The highest BCUT2D eigenvalue weighted by atomic mass is 79.9. The van der Waals surface area contributed by atoms with Gasteiger partial charge in [-0.15, -0.1) is 0 Å². The van der Waals surface area contributed by atoms with Crippen molar-refractivity contribution in [2.24, 2.45) is 0 Å². The van der Waals surface area contributed by atoms with Crippen LogP contribution in [0, 0.1) is 0 Å². The van der Waals surface area contributed by atoms with E-state index < -0.39 is 5.97 Å². The van der Waals surface area contributed by atoms with Gasteiger partial charge in [-0.1, -0.05) is 15.9 Å². The van der Waals surface area contributed by atoms with Crippen LogP contribution in [0.3, 0.4) is 0 Å². The topological polar surface area (TPSA) is 55.8 Å². The van der Waals surface area contributed by atoms with E-state index in [0.717, 1.165) is 0 Å². The van der Waals surface area contributed by atoms with Gasteiger partial charge in [-0.05, 0) is 18.2 Å². The Bertz CT molecular complexity index is 426. The SMILES string of the molecule is COC(=O)/C(=C\O)c1cc(OC)ccc1Br. The molecule has 0 radical (unpaired) electrons. The summed E-state index contributed by atoms with van der Waals surface area (Å²) in [5.41, 5.74) is 0.571. The molecule has 1 N–H and O–H groups in total. The van der Waals surface area contributed by atoms with Crippen molar-refractivity contribution >= 4 is 27.5 Å². The molecule has 0 spiro atoms. The average molecular weight is 287 g/mol. The second kappa shape index (κ2) is 5.55. The number of esters is 1. The van der Waals surface area contributed by atoms with Gasteiger partial charge in [-0.2, -0.15) is 0 Å². The Balaban J connectivity index is 3.24. The normalized spacial score (nSPS) is 11.1. The summed E-state index contributed by atoms with van der Waals surface area (Å²) in [6, 6.07) is 5.09. The van der Waals surface area contributed by atoms with Gasteiger partial charge in [0, 0.05) is 10.0 Å². The predicted molar refractivity (Wildman–Crippen MR) is 63.3 cm³/mol. The van der Waals surface area contributed by atoms with E-state index in [2.05, 4.69) is 20.7 Å². The molecule has 0 aliphatic carbocycles. The predicted octanol–water partition coefficient (Wildman–Crippen LogP) is 2.53. The summed E-state index contributed by atoms with van der Waals surface area (Å²) in [4.78, 5) is 11.4. The second-order valence-electron chi connectivity index (χ2n) is 2.88. The highest BCUT2D eigenvalue weighted by Gasteiger charge is 2.16. The van der Waals surface area contributed by atoms with E-state index >= 15 is 0 Å². The van der Waals surface area contributed by atoms with Gasteiger partial charge in [0.2, 0.25) is 0 Å². The fourth-order valence-corrected chi connectivity index (χ4v) is 1.64. The molecule has 0 bridgehead atoms. The standard InChI is InChI=1S/C11H11BrO4/c1-15-7-3-4-10(12)8(5-7)9(6-13)11(14)16-2/h3-6,13H,1-2H3/b9-6-. The van der Waals surface area contributed by atoms with Gasteiger partial charge in [0.1, 0.15) is 11.3 Å². The number of halogens is 1. The molecule has 0 amide bonds. The molecule has 0 saturated heterocycles. The fourth-order valence-electron chi connectivity index (χ4n) is 1.18.